The Labute approximate surface area is 219 Å². The van der Waals surface area contributed by atoms with E-state index in [9.17, 15) is 4.79 Å². The minimum atomic E-state index is -0.508. The van der Waals surface area contributed by atoms with Crippen LogP contribution in [0.25, 0.3) is 16.6 Å². The molecular formula is C24H28ClN9O3. The highest BCUT2D eigenvalue weighted by Crippen LogP contribution is 2.26. The van der Waals surface area contributed by atoms with Gasteiger partial charge in [0.15, 0.2) is 5.69 Å². The van der Waals surface area contributed by atoms with Gasteiger partial charge in [-0.1, -0.05) is 42.0 Å². The highest BCUT2D eigenvalue weighted by atomic mass is 35.5. The number of nitrogens with two attached hydrogens (primary N) is 1. The van der Waals surface area contributed by atoms with Crippen LogP contribution in [-0.2, 0) is 6.54 Å². The molecule has 0 aliphatic carbocycles. The summed E-state index contributed by atoms with van der Waals surface area (Å²) in [4.78, 5) is 15.5. The Morgan fingerprint density at radius 2 is 2.11 bits per heavy atom. The van der Waals surface area contributed by atoms with Crippen molar-refractivity contribution in [1.29, 1.82) is 0 Å². The first-order chi connectivity index (χ1) is 17.6. The fraction of sp³-hybridized carbons (Fsp3) is 0.333. The molecule has 4 aromatic rings. The number of carbonyl (C=O) groups excluding carboxylic acids is 1. The van der Waals surface area contributed by atoms with Crippen molar-refractivity contribution >= 4 is 41.1 Å². The van der Waals surface area contributed by atoms with Gasteiger partial charge < -0.3 is 10.5 Å². The number of aromatic nitrogens is 5. The van der Waals surface area contributed by atoms with E-state index in [2.05, 4.69) is 43.0 Å². The van der Waals surface area contributed by atoms with Gasteiger partial charge in [0.05, 0.1) is 19.0 Å². The van der Waals surface area contributed by atoms with Gasteiger partial charge >= 0.3 is 0 Å². The number of carbonyl (C=O) groups is 1. The average molecular weight is 526 g/mol. The fourth-order valence-corrected chi connectivity index (χ4v) is 4.51. The first-order valence-electron chi connectivity index (χ1n) is 11.7. The lowest BCUT2D eigenvalue weighted by Gasteiger charge is -2.33. The Kier molecular flexibility index (Phi) is 7.99. The van der Waals surface area contributed by atoms with Crippen molar-refractivity contribution in [1.82, 2.24) is 35.6 Å². The molecule has 3 heterocycles. The van der Waals surface area contributed by atoms with E-state index in [1.54, 1.807) is 13.3 Å². The van der Waals surface area contributed by atoms with Crippen LogP contribution >= 0.6 is 12.4 Å². The van der Waals surface area contributed by atoms with Crippen LogP contribution in [0.3, 0.4) is 0 Å². The van der Waals surface area contributed by atoms with Crippen LogP contribution in [0, 0.1) is 0 Å². The fourth-order valence-electron chi connectivity index (χ4n) is 4.51. The normalized spacial score (nSPS) is 16.1. The summed E-state index contributed by atoms with van der Waals surface area (Å²) >= 11 is 0. The summed E-state index contributed by atoms with van der Waals surface area (Å²) in [6.07, 6.45) is 4.90. The van der Waals surface area contributed by atoms with Gasteiger partial charge in [-0.3, -0.25) is 9.69 Å². The number of amides is 1. The van der Waals surface area contributed by atoms with Crippen molar-refractivity contribution < 1.29 is 14.2 Å². The van der Waals surface area contributed by atoms with E-state index < -0.39 is 5.91 Å². The van der Waals surface area contributed by atoms with E-state index in [4.69, 9.17) is 15.1 Å². The third kappa shape index (κ3) is 5.25. The molecule has 1 saturated heterocycles. The molecule has 0 saturated carbocycles. The molecule has 13 heteroatoms. The lowest BCUT2D eigenvalue weighted by atomic mass is 10.0. The van der Waals surface area contributed by atoms with Gasteiger partial charge in [-0.2, -0.15) is 9.78 Å². The number of benzene rings is 2. The van der Waals surface area contributed by atoms with E-state index >= 15 is 0 Å². The largest absolute Gasteiger partial charge is 0.496 e. The van der Waals surface area contributed by atoms with Crippen LogP contribution in [0.2, 0.25) is 0 Å². The Hall–Kier alpha value is -4.03. The summed E-state index contributed by atoms with van der Waals surface area (Å²) < 4.78 is 11.6. The molecule has 1 aliphatic heterocycles. The first-order valence-corrected chi connectivity index (χ1v) is 11.7. The summed E-state index contributed by atoms with van der Waals surface area (Å²) in [5, 5.41) is 21.9. The molecule has 1 unspecified atom stereocenters. The Balaban J connectivity index is 0.00000320. The van der Waals surface area contributed by atoms with E-state index in [0.29, 0.717) is 24.0 Å². The average Bonchev–Trinajstić information content (AvgIpc) is 3.51. The molecular weight excluding hydrogens is 498 g/mol. The summed E-state index contributed by atoms with van der Waals surface area (Å²) in [7, 11) is 1.59. The van der Waals surface area contributed by atoms with Gasteiger partial charge in [0.25, 0.3) is 5.91 Å². The lowest BCUT2D eigenvalue weighted by Crippen LogP contribution is -2.38. The monoisotopic (exact) mass is 525 g/mol. The maximum absolute atomic E-state index is 13.2. The number of fused-ring (bicyclic) bond motifs is 1. The molecule has 5 rings (SSSR count). The Bertz CT molecular complexity index is 1420. The molecule has 1 amide bonds. The summed E-state index contributed by atoms with van der Waals surface area (Å²) in [5.74, 6) is 0.379. The van der Waals surface area contributed by atoms with E-state index in [1.165, 1.54) is 11.1 Å². The zero-order chi connectivity index (χ0) is 25.1. The number of nitrogens with one attached hydrogen (secondary N) is 1. The topological polar surface area (TPSA) is 150 Å². The van der Waals surface area contributed by atoms with Crippen LogP contribution in [0.5, 0.6) is 5.75 Å². The molecule has 37 heavy (non-hydrogen) atoms. The number of likely N-dealkylation sites (tertiary alicyclic amines) is 1. The van der Waals surface area contributed by atoms with Crippen LogP contribution in [0.4, 0.5) is 5.82 Å². The minimum Gasteiger partial charge on any atom is -0.496 e. The van der Waals surface area contributed by atoms with Gasteiger partial charge in [0.2, 0.25) is 11.6 Å². The van der Waals surface area contributed by atoms with Gasteiger partial charge in [-0.05, 0) is 53.5 Å². The van der Waals surface area contributed by atoms with Crippen molar-refractivity contribution in [2.24, 2.45) is 5.10 Å². The van der Waals surface area contributed by atoms with Gasteiger partial charge in [0, 0.05) is 18.2 Å². The second-order valence-corrected chi connectivity index (χ2v) is 8.69. The number of anilines is 1. The zero-order valence-corrected chi connectivity index (χ0v) is 21.3. The second kappa shape index (κ2) is 11.4. The summed E-state index contributed by atoms with van der Waals surface area (Å²) in [5.41, 5.74) is 9.88. The molecule has 1 aliphatic rings. The van der Waals surface area contributed by atoms with Crippen molar-refractivity contribution in [3.63, 3.8) is 0 Å². The highest BCUT2D eigenvalue weighted by molar-refractivity contribution is 6.03. The van der Waals surface area contributed by atoms with Crippen molar-refractivity contribution in [2.75, 3.05) is 19.4 Å². The number of hydrogen-bond donors (Lipinski definition) is 2. The van der Waals surface area contributed by atoms with Gasteiger partial charge in [0.1, 0.15) is 5.75 Å². The van der Waals surface area contributed by atoms with E-state index in [1.807, 2.05) is 36.4 Å². The standard InChI is InChI=1S/C24H27N9O3.ClH/c1-15-7-5-6-12-32(15)14-19-21(27-31-33(19)23-22(25)29-36-30-23)24(34)28-26-13-18-17-9-4-3-8-16(17)10-11-20(18)35-2;/h3-4,8-11,13,15H,5-7,12,14H2,1-2H3,(H2,25,29)(H,28,34);1H/b26-13-;. The number of nitrogens with zero attached hydrogens (tertiary/aromatic N) is 7. The molecule has 0 spiro atoms. The molecule has 2 aromatic heterocycles. The number of piperidine rings is 1. The van der Waals surface area contributed by atoms with Gasteiger partial charge in [-0.25, -0.2) is 10.1 Å². The van der Waals surface area contributed by atoms with Crippen LogP contribution < -0.4 is 15.9 Å². The number of halogens is 1. The number of hydrogen-bond acceptors (Lipinski definition) is 10. The third-order valence-electron chi connectivity index (χ3n) is 6.48. The number of methoxy groups -OCH3 is 1. The van der Waals surface area contributed by atoms with Crippen molar-refractivity contribution in [2.45, 2.75) is 38.8 Å². The minimum absolute atomic E-state index is 0. The molecule has 194 valence electrons. The van der Waals surface area contributed by atoms with Crippen LogP contribution in [0.15, 0.2) is 46.1 Å². The molecule has 2 aromatic carbocycles. The van der Waals surface area contributed by atoms with E-state index in [-0.39, 0.29) is 29.7 Å². The van der Waals surface area contributed by atoms with E-state index in [0.717, 1.165) is 35.7 Å². The maximum Gasteiger partial charge on any atom is 0.293 e. The lowest BCUT2D eigenvalue weighted by molar-refractivity contribution is 0.0945. The zero-order valence-electron chi connectivity index (χ0n) is 20.5. The molecule has 12 nitrogen and oxygen atoms in total. The number of rotatable bonds is 7. The quantitative estimate of drug-likeness (QED) is 0.274. The Morgan fingerprint density at radius 1 is 1.27 bits per heavy atom. The number of nitrogen functional groups attached to an aromatic ring is 1. The molecule has 3 N–H and O–H groups in total. The second-order valence-electron chi connectivity index (χ2n) is 8.69. The molecule has 0 bridgehead atoms. The number of ether oxygens (including phenoxy) is 1. The predicted octanol–water partition coefficient (Wildman–Crippen LogP) is 2.95. The SMILES string of the molecule is COc1ccc2ccccc2c1/C=N\NC(=O)c1nnn(-c2nonc2N)c1CN1CCCCC1C.Cl. The molecule has 1 fully saturated rings. The maximum atomic E-state index is 13.2. The van der Waals surface area contributed by atoms with Gasteiger partial charge in [-0.15, -0.1) is 17.5 Å². The predicted molar refractivity (Wildman–Crippen MR) is 140 cm³/mol. The molecule has 0 radical (unpaired) electrons. The Morgan fingerprint density at radius 3 is 2.86 bits per heavy atom. The van der Waals surface area contributed by atoms with Crippen LogP contribution in [-0.4, -0.2) is 62.0 Å². The summed E-state index contributed by atoms with van der Waals surface area (Å²) in [6.45, 7) is 3.50. The van der Waals surface area contributed by atoms with Crippen LogP contribution in [0.1, 0.15) is 47.9 Å². The first kappa shape index (κ1) is 26.0. The highest BCUT2D eigenvalue weighted by Gasteiger charge is 2.28. The third-order valence-corrected chi connectivity index (χ3v) is 6.48. The van der Waals surface area contributed by atoms with Crippen molar-refractivity contribution in [3.8, 4) is 11.6 Å². The van der Waals surface area contributed by atoms with Crippen molar-refractivity contribution in [3.05, 3.63) is 53.3 Å². The molecule has 1 atom stereocenters. The smallest absolute Gasteiger partial charge is 0.293 e. The summed E-state index contributed by atoms with van der Waals surface area (Å²) in [6, 6.07) is 12.1. The number of hydrazone groups is 1.